The minimum atomic E-state index is 0.256. The summed E-state index contributed by atoms with van der Waals surface area (Å²) >= 11 is 5.07. The van der Waals surface area contributed by atoms with Gasteiger partial charge in [-0.05, 0) is 34.5 Å². The van der Waals surface area contributed by atoms with E-state index in [9.17, 15) is 0 Å². The molecule has 88 valence electrons. The van der Waals surface area contributed by atoms with Crippen molar-refractivity contribution in [2.24, 2.45) is 10.9 Å². The second kappa shape index (κ2) is 6.75. The Morgan fingerprint density at radius 1 is 1.75 bits per heavy atom. The molecule has 0 bridgehead atoms. The number of aromatic nitrogens is 1. The van der Waals surface area contributed by atoms with Gasteiger partial charge >= 0.3 is 0 Å². The first-order valence-electron chi connectivity index (χ1n) is 4.91. The van der Waals surface area contributed by atoms with E-state index >= 15 is 0 Å². The van der Waals surface area contributed by atoms with Crippen molar-refractivity contribution in [3.05, 3.63) is 22.8 Å². The topological polar surface area (TPSA) is 71.5 Å². The first-order chi connectivity index (χ1) is 7.67. The molecule has 0 fully saturated rings. The molecule has 1 aromatic rings. The number of hydrogen-bond acceptors (Lipinski definition) is 4. The molecule has 0 amide bonds. The van der Waals surface area contributed by atoms with Crippen LogP contribution in [-0.4, -0.2) is 21.3 Å². The smallest absolute Gasteiger partial charge is 0.140 e. The quantitative estimate of drug-likeness (QED) is 0.288. The number of pyridine rings is 1. The average Bonchev–Trinajstić information content (AvgIpc) is 2.30. The summed E-state index contributed by atoms with van der Waals surface area (Å²) in [5.74, 6) is 0.256. The van der Waals surface area contributed by atoms with E-state index in [-0.39, 0.29) is 11.1 Å². The van der Waals surface area contributed by atoms with Crippen molar-refractivity contribution in [1.82, 2.24) is 4.98 Å². The average molecular weight is 304 g/mol. The van der Waals surface area contributed by atoms with E-state index in [2.05, 4.69) is 33.0 Å². The Morgan fingerprint density at radius 2 is 2.50 bits per heavy atom. The second-order valence-electron chi connectivity index (χ2n) is 3.23. The minimum Gasteiger partial charge on any atom is -0.409 e. The standard InChI is InChI=1S/C10H14BrN3OS/c1-2-7(6-9(12)14-15)16-10-8(11)4-3-5-13-10/h3-5,7,15H,2,6H2,1H3,(H2,12,14). The number of nitrogens with two attached hydrogens (primary N) is 1. The molecular weight excluding hydrogens is 290 g/mol. The van der Waals surface area contributed by atoms with E-state index in [1.54, 1.807) is 18.0 Å². The van der Waals surface area contributed by atoms with Gasteiger partial charge in [-0.1, -0.05) is 12.1 Å². The van der Waals surface area contributed by atoms with Gasteiger partial charge < -0.3 is 10.9 Å². The third-order valence-electron chi connectivity index (χ3n) is 2.02. The molecule has 0 aliphatic heterocycles. The van der Waals surface area contributed by atoms with Gasteiger partial charge in [-0.3, -0.25) is 0 Å². The molecule has 0 aliphatic carbocycles. The molecule has 1 aromatic heterocycles. The summed E-state index contributed by atoms with van der Waals surface area (Å²) in [6.45, 7) is 2.07. The van der Waals surface area contributed by atoms with Gasteiger partial charge in [0.25, 0.3) is 0 Å². The lowest BCUT2D eigenvalue weighted by molar-refractivity contribution is 0.316. The van der Waals surface area contributed by atoms with Crippen LogP contribution in [0.4, 0.5) is 0 Å². The molecule has 0 saturated heterocycles. The molecule has 0 spiro atoms. The lowest BCUT2D eigenvalue weighted by Crippen LogP contribution is -2.18. The van der Waals surface area contributed by atoms with E-state index in [0.29, 0.717) is 6.42 Å². The van der Waals surface area contributed by atoms with Gasteiger partial charge in [0, 0.05) is 22.3 Å². The molecule has 0 saturated carbocycles. The number of halogens is 1. The van der Waals surface area contributed by atoms with Gasteiger partial charge in [0.05, 0.1) is 0 Å². The van der Waals surface area contributed by atoms with Gasteiger partial charge in [-0.25, -0.2) is 4.98 Å². The van der Waals surface area contributed by atoms with Crippen LogP contribution in [0.25, 0.3) is 0 Å². The van der Waals surface area contributed by atoms with Gasteiger partial charge in [-0.2, -0.15) is 0 Å². The molecule has 6 heteroatoms. The number of thioether (sulfide) groups is 1. The maximum Gasteiger partial charge on any atom is 0.140 e. The van der Waals surface area contributed by atoms with E-state index in [1.165, 1.54) is 0 Å². The Balaban J connectivity index is 2.67. The van der Waals surface area contributed by atoms with Crippen LogP contribution in [-0.2, 0) is 0 Å². The third-order valence-corrected chi connectivity index (χ3v) is 4.31. The summed E-state index contributed by atoms with van der Waals surface area (Å²) in [7, 11) is 0. The summed E-state index contributed by atoms with van der Waals surface area (Å²) in [6.07, 6.45) is 3.24. The highest BCUT2D eigenvalue weighted by atomic mass is 79.9. The molecule has 1 unspecified atom stereocenters. The van der Waals surface area contributed by atoms with Crippen LogP contribution in [0.5, 0.6) is 0 Å². The zero-order valence-electron chi connectivity index (χ0n) is 8.93. The highest BCUT2D eigenvalue weighted by Gasteiger charge is 2.13. The van der Waals surface area contributed by atoms with Crippen LogP contribution in [0.3, 0.4) is 0 Å². The molecule has 16 heavy (non-hydrogen) atoms. The highest BCUT2D eigenvalue weighted by molar-refractivity contribution is 9.10. The Morgan fingerprint density at radius 3 is 3.06 bits per heavy atom. The Labute approximate surface area is 107 Å². The Bertz CT molecular complexity index is 373. The summed E-state index contributed by atoms with van der Waals surface area (Å²) in [5.41, 5.74) is 5.50. The molecule has 0 radical (unpaired) electrons. The van der Waals surface area contributed by atoms with E-state index < -0.39 is 0 Å². The molecule has 0 aliphatic rings. The molecule has 0 aromatic carbocycles. The van der Waals surface area contributed by atoms with Gasteiger partial charge in [0.2, 0.25) is 0 Å². The number of amidine groups is 1. The first kappa shape index (κ1) is 13.3. The molecule has 1 heterocycles. The van der Waals surface area contributed by atoms with Crippen molar-refractivity contribution >= 4 is 33.5 Å². The summed E-state index contributed by atoms with van der Waals surface area (Å²) in [6, 6.07) is 3.82. The number of rotatable bonds is 5. The van der Waals surface area contributed by atoms with Crippen molar-refractivity contribution in [2.75, 3.05) is 0 Å². The van der Waals surface area contributed by atoms with Crippen LogP contribution in [0.15, 0.2) is 33.0 Å². The summed E-state index contributed by atoms with van der Waals surface area (Å²) < 4.78 is 0.970. The number of oxime groups is 1. The van der Waals surface area contributed by atoms with Crippen molar-refractivity contribution in [3.8, 4) is 0 Å². The van der Waals surface area contributed by atoms with Gasteiger partial charge in [0.15, 0.2) is 0 Å². The van der Waals surface area contributed by atoms with Gasteiger partial charge in [0.1, 0.15) is 10.9 Å². The molecular formula is C10H14BrN3OS. The summed E-state index contributed by atoms with van der Waals surface area (Å²) in [5, 5.41) is 12.7. The SMILES string of the molecule is CCC(CC(N)=NO)Sc1ncccc1Br. The molecule has 1 atom stereocenters. The minimum absolute atomic E-state index is 0.256. The van der Waals surface area contributed by atoms with E-state index in [0.717, 1.165) is 15.9 Å². The zero-order valence-corrected chi connectivity index (χ0v) is 11.3. The van der Waals surface area contributed by atoms with Crippen LogP contribution in [0, 0.1) is 0 Å². The predicted molar refractivity (Wildman–Crippen MR) is 69.9 cm³/mol. The van der Waals surface area contributed by atoms with Crippen LogP contribution < -0.4 is 5.73 Å². The molecule has 3 N–H and O–H groups in total. The van der Waals surface area contributed by atoms with E-state index in [1.807, 2.05) is 12.1 Å². The fourth-order valence-corrected chi connectivity index (χ4v) is 2.73. The summed E-state index contributed by atoms with van der Waals surface area (Å²) in [4.78, 5) is 4.27. The van der Waals surface area contributed by atoms with Crippen LogP contribution >= 0.6 is 27.7 Å². The van der Waals surface area contributed by atoms with E-state index in [4.69, 9.17) is 10.9 Å². The Hall–Kier alpha value is -0.750. The number of nitrogens with zero attached hydrogens (tertiary/aromatic N) is 2. The number of hydrogen-bond donors (Lipinski definition) is 2. The normalized spacial score (nSPS) is 13.8. The van der Waals surface area contributed by atoms with Gasteiger partial charge in [-0.15, -0.1) is 11.8 Å². The van der Waals surface area contributed by atoms with Crippen LogP contribution in [0.1, 0.15) is 19.8 Å². The first-order valence-corrected chi connectivity index (χ1v) is 6.58. The molecule has 1 rings (SSSR count). The third kappa shape index (κ3) is 4.02. The Kier molecular flexibility index (Phi) is 5.62. The van der Waals surface area contributed by atoms with Crippen LogP contribution in [0.2, 0.25) is 0 Å². The van der Waals surface area contributed by atoms with Crippen molar-refractivity contribution in [2.45, 2.75) is 30.0 Å². The van der Waals surface area contributed by atoms with Crippen molar-refractivity contribution in [3.63, 3.8) is 0 Å². The second-order valence-corrected chi connectivity index (χ2v) is 5.38. The monoisotopic (exact) mass is 303 g/mol. The van der Waals surface area contributed by atoms with Crippen molar-refractivity contribution < 1.29 is 5.21 Å². The molecule has 4 nitrogen and oxygen atoms in total. The maximum absolute atomic E-state index is 8.53. The maximum atomic E-state index is 8.53. The fraction of sp³-hybridized carbons (Fsp3) is 0.400. The zero-order chi connectivity index (χ0) is 12.0. The highest BCUT2D eigenvalue weighted by Crippen LogP contribution is 2.31. The lowest BCUT2D eigenvalue weighted by atomic mass is 10.2. The fourth-order valence-electron chi connectivity index (χ4n) is 1.16. The largest absolute Gasteiger partial charge is 0.409 e. The van der Waals surface area contributed by atoms with Crippen molar-refractivity contribution in [1.29, 1.82) is 0 Å². The predicted octanol–water partition coefficient (Wildman–Crippen LogP) is 2.85. The lowest BCUT2D eigenvalue weighted by Gasteiger charge is -2.13.